The molecule has 2 heterocycles. The molecule has 0 N–H and O–H groups in total. The lowest BCUT2D eigenvalue weighted by molar-refractivity contribution is -0.137. The molecule has 0 bridgehead atoms. The lowest BCUT2D eigenvalue weighted by atomic mass is 10.3. The molecule has 1 aliphatic rings. The number of thiazole rings is 1. The van der Waals surface area contributed by atoms with Crippen LogP contribution in [-0.4, -0.2) is 67.3 Å². The molecule has 0 aliphatic carbocycles. The first kappa shape index (κ1) is 20.6. The molecule has 0 spiro atoms. The van der Waals surface area contributed by atoms with Gasteiger partial charge in [-0.1, -0.05) is 0 Å². The molecule has 0 saturated carbocycles. The highest BCUT2D eigenvalue weighted by Gasteiger charge is 2.20. The molecule has 1 aliphatic heterocycles. The normalized spacial score (nSPS) is 15.8. The second kappa shape index (κ2) is 9.86. The van der Waals surface area contributed by atoms with Crippen molar-refractivity contribution < 1.29 is 19.0 Å². The van der Waals surface area contributed by atoms with Crippen LogP contribution in [0.15, 0.2) is 29.6 Å². The quantitative estimate of drug-likeness (QED) is 0.672. The van der Waals surface area contributed by atoms with Crippen LogP contribution in [0.25, 0.3) is 0 Å². The van der Waals surface area contributed by atoms with Crippen LogP contribution in [0.2, 0.25) is 0 Å². The number of likely N-dealkylation sites (N-methyl/N-ethyl adjacent to an activating group) is 1. The van der Waals surface area contributed by atoms with E-state index in [1.807, 2.05) is 17.5 Å². The van der Waals surface area contributed by atoms with E-state index in [9.17, 15) is 4.79 Å². The van der Waals surface area contributed by atoms with Gasteiger partial charge in [-0.2, -0.15) is 0 Å². The fourth-order valence-electron chi connectivity index (χ4n) is 2.98. The van der Waals surface area contributed by atoms with Gasteiger partial charge in [0, 0.05) is 25.5 Å². The zero-order valence-electron chi connectivity index (χ0n) is 16.6. The van der Waals surface area contributed by atoms with Gasteiger partial charge in [-0.15, -0.1) is 11.3 Å². The van der Waals surface area contributed by atoms with Crippen molar-refractivity contribution in [3.8, 4) is 11.5 Å². The standard InChI is InChI=1S/C20H27N3O4S/c1-15(27-18-6-4-17(25-3)5-7-18)20(24)22(2)12-16-14-28-19(21-16)13-23-8-10-26-11-9-23/h4-7,14-15H,8-13H2,1-3H3. The second-order valence-corrected chi connectivity index (χ2v) is 7.69. The maximum absolute atomic E-state index is 12.6. The Bertz CT molecular complexity index is 759. The third kappa shape index (κ3) is 5.67. The topological polar surface area (TPSA) is 64.1 Å². The molecule has 7 nitrogen and oxygen atoms in total. The predicted molar refractivity (Wildman–Crippen MR) is 108 cm³/mol. The van der Waals surface area contributed by atoms with Crippen LogP contribution in [0.4, 0.5) is 0 Å². The number of amides is 1. The van der Waals surface area contributed by atoms with Gasteiger partial charge in [0.05, 0.1) is 39.1 Å². The van der Waals surface area contributed by atoms with Gasteiger partial charge in [0.1, 0.15) is 16.5 Å². The van der Waals surface area contributed by atoms with Gasteiger partial charge in [0.25, 0.3) is 5.91 Å². The molecule has 1 amide bonds. The van der Waals surface area contributed by atoms with E-state index in [1.54, 1.807) is 49.5 Å². The zero-order chi connectivity index (χ0) is 19.9. The molecule has 2 aromatic rings. The summed E-state index contributed by atoms with van der Waals surface area (Å²) in [6, 6.07) is 7.20. The predicted octanol–water partition coefficient (Wildman–Crippen LogP) is 2.41. The maximum atomic E-state index is 12.6. The number of ether oxygens (including phenoxy) is 3. The van der Waals surface area contributed by atoms with E-state index >= 15 is 0 Å². The van der Waals surface area contributed by atoms with Crippen LogP contribution in [0.1, 0.15) is 17.6 Å². The van der Waals surface area contributed by atoms with Gasteiger partial charge in [0.2, 0.25) is 0 Å². The number of hydrogen-bond donors (Lipinski definition) is 0. The second-order valence-electron chi connectivity index (χ2n) is 6.75. The van der Waals surface area contributed by atoms with E-state index in [0.29, 0.717) is 12.3 Å². The fraction of sp³-hybridized carbons (Fsp3) is 0.500. The first-order chi connectivity index (χ1) is 13.5. The van der Waals surface area contributed by atoms with Gasteiger partial charge in [-0.25, -0.2) is 4.98 Å². The number of benzene rings is 1. The minimum atomic E-state index is -0.579. The lowest BCUT2D eigenvalue weighted by Crippen LogP contribution is -2.37. The van der Waals surface area contributed by atoms with Crippen LogP contribution in [0.5, 0.6) is 11.5 Å². The number of aromatic nitrogens is 1. The molecule has 1 fully saturated rings. The number of carbonyl (C=O) groups excluding carboxylic acids is 1. The Kier molecular flexibility index (Phi) is 7.24. The highest BCUT2D eigenvalue weighted by atomic mass is 32.1. The molecule has 1 saturated heterocycles. The van der Waals surface area contributed by atoms with E-state index in [-0.39, 0.29) is 5.91 Å². The molecule has 1 unspecified atom stereocenters. The summed E-state index contributed by atoms with van der Waals surface area (Å²) in [5, 5.41) is 3.09. The highest BCUT2D eigenvalue weighted by Crippen LogP contribution is 2.19. The van der Waals surface area contributed by atoms with Crippen molar-refractivity contribution in [2.24, 2.45) is 0 Å². The molecule has 8 heteroatoms. The summed E-state index contributed by atoms with van der Waals surface area (Å²) in [5.41, 5.74) is 0.903. The number of carbonyl (C=O) groups is 1. The summed E-state index contributed by atoms with van der Waals surface area (Å²) in [7, 11) is 3.39. The first-order valence-corrected chi connectivity index (χ1v) is 10.2. The Hall–Kier alpha value is -2.16. The van der Waals surface area contributed by atoms with Crippen molar-refractivity contribution in [2.75, 3.05) is 40.5 Å². The summed E-state index contributed by atoms with van der Waals surface area (Å²) < 4.78 is 16.3. The molecule has 0 radical (unpaired) electrons. The van der Waals surface area contributed by atoms with Gasteiger partial charge in [-0.3, -0.25) is 9.69 Å². The fourth-order valence-corrected chi connectivity index (χ4v) is 3.81. The Balaban J connectivity index is 1.50. The molecule has 28 heavy (non-hydrogen) atoms. The average Bonchev–Trinajstić information content (AvgIpc) is 3.15. The summed E-state index contributed by atoms with van der Waals surface area (Å²) in [4.78, 5) is 21.3. The molecular formula is C20H27N3O4S. The zero-order valence-corrected chi connectivity index (χ0v) is 17.4. The minimum Gasteiger partial charge on any atom is -0.497 e. The average molecular weight is 406 g/mol. The molecule has 1 atom stereocenters. The van der Waals surface area contributed by atoms with Gasteiger partial charge in [-0.05, 0) is 31.2 Å². The van der Waals surface area contributed by atoms with E-state index in [2.05, 4.69) is 9.88 Å². The Morgan fingerprint density at radius 2 is 1.96 bits per heavy atom. The number of methoxy groups -OCH3 is 1. The van der Waals surface area contributed by atoms with Crippen LogP contribution >= 0.6 is 11.3 Å². The third-order valence-electron chi connectivity index (χ3n) is 4.56. The molecule has 152 valence electrons. The summed E-state index contributed by atoms with van der Waals surface area (Å²) >= 11 is 1.64. The van der Waals surface area contributed by atoms with E-state index in [4.69, 9.17) is 14.2 Å². The van der Waals surface area contributed by atoms with Crippen molar-refractivity contribution in [1.82, 2.24) is 14.8 Å². The first-order valence-electron chi connectivity index (χ1n) is 9.34. The van der Waals surface area contributed by atoms with Gasteiger partial charge < -0.3 is 19.1 Å². The summed E-state index contributed by atoms with van der Waals surface area (Å²) in [6.07, 6.45) is -0.579. The van der Waals surface area contributed by atoms with Gasteiger partial charge in [0.15, 0.2) is 6.10 Å². The monoisotopic (exact) mass is 405 g/mol. The van der Waals surface area contributed by atoms with Gasteiger partial charge >= 0.3 is 0 Å². The lowest BCUT2D eigenvalue weighted by Gasteiger charge is -2.25. The number of hydrogen-bond acceptors (Lipinski definition) is 7. The van der Waals surface area contributed by atoms with E-state index < -0.39 is 6.10 Å². The summed E-state index contributed by atoms with van der Waals surface area (Å²) in [5.74, 6) is 1.30. The van der Waals surface area contributed by atoms with E-state index in [0.717, 1.165) is 49.3 Å². The molecule has 1 aromatic heterocycles. The van der Waals surface area contributed by atoms with Crippen molar-refractivity contribution in [2.45, 2.75) is 26.1 Å². The van der Waals surface area contributed by atoms with Crippen LogP contribution in [-0.2, 0) is 22.6 Å². The van der Waals surface area contributed by atoms with E-state index in [1.165, 1.54) is 0 Å². The SMILES string of the molecule is COc1ccc(OC(C)C(=O)N(C)Cc2csc(CN3CCOCC3)n2)cc1. The Morgan fingerprint density at radius 3 is 2.64 bits per heavy atom. The largest absolute Gasteiger partial charge is 0.497 e. The van der Waals surface area contributed by atoms with Crippen molar-refractivity contribution in [3.63, 3.8) is 0 Å². The smallest absolute Gasteiger partial charge is 0.263 e. The Labute approximate surface area is 169 Å². The van der Waals surface area contributed by atoms with Crippen molar-refractivity contribution >= 4 is 17.2 Å². The maximum Gasteiger partial charge on any atom is 0.263 e. The van der Waals surface area contributed by atoms with Crippen LogP contribution in [0, 0.1) is 0 Å². The summed E-state index contributed by atoms with van der Waals surface area (Å²) in [6.45, 7) is 6.50. The highest BCUT2D eigenvalue weighted by molar-refractivity contribution is 7.09. The van der Waals surface area contributed by atoms with Crippen molar-refractivity contribution in [1.29, 1.82) is 0 Å². The van der Waals surface area contributed by atoms with Crippen LogP contribution in [0.3, 0.4) is 0 Å². The van der Waals surface area contributed by atoms with Crippen LogP contribution < -0.4 is 9.47 Å². The Morgan fingerprint density at radius 1 is 1.29 bits per heavy atom. The molecular weight excluding hydrogens is 378 g/mol. The number of nitrogens with zero attached hydrogens (tertiary/aromatic N) is 3. The molecule has 1 aromatic carbocycles. The molecule has 3 rings (SSSR count). The van der Waals surface area contributed by atoms with Crippen molar-refractivity contribution in [3.05, 3.63) is 40.3 Å². The number of rotatable bonds is 8. The third-order valence-corrected chi connectivity index (χ3v) is 5.44. The number of morpholine rings is 1. The minimum absolute atomic E-state index is 0.0847.